The molecule has 2 aromatic carbocycles. The standard InChI is InChI=1S/C23H24FN3O/c1-26(2)18-6-5-13-27(15-18)23(28)20-14-22(16-9-11-17(24)12-10-16)25-21-8-4-3-7-19(20)21/h3-4,7-12,14,18H,5-6,13,15H2,1-2H3. The Kier molecular flexibility index (Phi) is 5.09. The van der Waals surface area contributed by atoms with Crippen LogP contribution in [0.25, 0.3) is 22.2 Å². The van der Waals surface area contributed by atoms with Gasteiger partial charge in [-0.1, -0.05) is 18.2 Å². The molecule has 1 unspecified atom stereocenters. The predicted molar refractivity (Wildman–Crippen MR) is 110 cm³/mol. The van der Waals surface area contributed by atoms with Gasteiger partial charge in [0.15, 0.2) is 0 Å². The average Bonchev–Trinajstić information content (AvgIpc) is 2.73. The topological polar surface area (TPSA) is 36.4 Å². The third kappa shape index (κ3) is 3.62. The second-order valence-corrected chi connectivity index (χ2v) is 7.59. The Labute approximate surface area is 164 Å². The van der Waals surface area contributed by atoms with E-state index in [0.29, 0.717) is 17.3 Å². The van der Waals surface area contributed by atoms with Crippen LogP contribution in [0.5, 0.6) is 0 Å². The highest BCUT2D eigenvalue weighted by Crippen LogP contribution is 2.27. The van der Waals surface area contributed by atoms with E-state index in [9.17, 15) is 9.18 Å². The molecule has 0 bridgehead atoms. The Morgan fingerprint density at radius 2 is 1.89 bits per heavy atom. The summed E-state index contributed by atoms with van der Waals surface area (Å²) < 4.78 is 13.3. The zero-order valence-electron chi connectivity index (χ0n) is 16.2. The first-order valence-corrected chi connectivity index (χ1v) is 9.64. The summed E-state index contributed by atoms with van der Waals surface area (Å²) in [7, 11) is 4.13. The van der Waals surface area contributed by atoms with Gasteiger partial charge in [-0.15, -0.1) is 0 Å². The van der Waals surface area contributed by atoms with Gasteiger partial charge in [0, 0.05) is 30.1 Å². The molecule has 1 amide bonds. The zero-order valence-corrected chi connectivity index (χ0v) is 16.2. The summed E-state index contributed by atoms with van der Waals surface area (Å²) in [6, 6.07) is 16.2. The first kappa shape index (κ1) is 18.6. The number of nitrogens with zero attached hydrogens (tertiary/aromatic N) is 3. The molecule has 0 spiro atoms. The molecule has 1 aliphatic rings. The van der Waals surface area contributed by atoms with E-state index in [1.165, 1.54) is 12.1 Å². The Balaban J connectivity index is 1.76. The number of carbonyl (C=O) groups is 1. The molecule has 28 heavy (non-hydrogen) atoms. The minimum absolute atomic E-state index is 0.0357. The summed E-state index contributed by atoms with van der Waals surface area (Å²) >= 11 is 0. The normalized spacial score (nSPS) is 17.3. The molecule has 1 atom stereocenters. The highest BCUT2D eigenvalue weighted by molar-refractivity contribution is 6.07. The minimum Gasteiger partial charge on any atom is -0.337 e. The number of benzene rings is 2. The second-order valence-electron chi connectivity index (χ2n) is 7.59. The number of carbonyl (C=O) groups excluding carboxylic acids is 1. The third-order valence-electron chi connectivity index (χ3n) is 5.50. The number of rotatable bonds is 3. The molecule has 0 saturated carbocycles. The van der Waals surface area contributed by atoms with Crippen molar-refractivity contribution in [1.29, 1.82) is 0 Å². The number of halogens is 1. The Hall–Kier alpha value is -2.79. The number of para-hydroxylation sites is 1. The lowest BCUT2D eigenvalue weighted by atomic mass is 10.0. The molecule has 3 aromatic rings. The summed E-state index contributed by atoms with van der Waals surface area (Å²) in [6.07, 6.45) is 2.11. The molecule has 1 aliphatic heterocycles. The van der Waals surface area contributed by atoms with E-state index in [4.69, 9.17) is 4.98 Å². The lowest BCUT2D eigenvalue weighted by Gasteiger charge is -2.36. The molecule has 1 saturated heterocycles. The highest BCUT2D eigenvalue weighted by atomic mass is 19.1. The van der Waals surface area contributed by atoms with Gasteiger partial charge in [-0.05, 0) is 63.3 Å². The van der Waals surface area contributed by atoms with Crippen molar-refractivity contribution in [1.82, 2.24) is 14.8 Å². The molecular formula is C23H24FN3O. The molecule has 0 radical (unpaired) electrons. The molecule has 2 heterocycles. The van der Waals surface area contributed by atoms with Crippen LogP contribution in [0.4, 0.5) is 4.39 Å². The summed E-state index contributed by atoms with van der Waals surface area (Å²) in [6.45, 7) is 1.50. The van der Waals surface area contributed by atoms with E-state index in [2.05, 4.69) is 19.0 Å². The monoisotopic (exact) mass is 377 g/mol. The summed E-state index contributed by atoms with van der Waals surface area (Å²) in [5, 5.41) is 0.852. The molecule has 1 aromatic heterocycles. The lowest BCUT2D eigenvalue weighted by molar-refractivity contribution is 0.0637. The third-order valence-corrected chi connectivity index (χ3v) is 5.50. The Morgan fingerprint density at radius 1 is 1.14 bits per heavy atom. The van der Waals surface area contributed by atoms with Crippen LogP contribution in [0, 0.1) is 5.82 Å². The van der Waals surface area contributed by atoms with Crippen molar-refractivity contribution >= 4 is 16.8 Å². The van der Waals surface area contributed by atoms with Gasteiger partial charge in [-0.25, -0.2) is 9.37 Å². The number of amides is 1. The van der Waals surface area contributed by atoms with Crippen molar-refractivity contribution in [2.24, 2.45) is 0 Å². The largest absolute Gasteiger partial charge is 0.337 e. The van der Waals surface area contributed by atoms with Gasteiger partial charge in [0.2, 0.25) is 0 Å². The smallest absolute Gasteiger partial charge is 0.254 e. The molecule has 144 valence electrons. The Bertz CT molecular complexity index is 1000. The number of piperidine rings is 1. The zero-order chi connectivity index (χ0) is 19.7. The van der Waals surface area contributed by atoms with E-state index in [1.54, 1.807) is 12.1 Å². The van der Waals surface area contributed by atoms with Gasteiger partial charge in [0.1, 0.15) is 5.82 Å². The second kappa shape index (κ2) is 7.68. The number of fused-ring (bicyclic) bond motifs is 1. The van der Waals surface area contributed by atoms with Gasteiger partial charge in [-0.2, -0.15) is 0 Å². The van der Waals surface area contributed by atoms with Crippen LogP contribution < -0.4 is 0 Å². The van der Waals surface area contributed by atoms with Gasteiger partial charge >= 0.3 is 0 Å². The Morgan fingerprint density at radius 3 is 2.64 bits per heavy atom. The van der Waals surface area contributed by atoms with E-state index < -0.39 is 0 Å². The van der Waals surface area contributed by atoms with Crippen LogP contribution >= 0.6 is 0 Å². The van der Waals surface area contributed by atoms with Crippen molar-refractivity contribution < 1.29 is 9.18 Å². The SMILES string of the molecule is CN(C)C1CCCN(C(=O)c2cc(-c3ccc(F)cc3)nc3ccccc23)C1. The van der Waals surface area contributed by atoms with Gasteiger partial charge in [-0.3, -0.25) is 4.79 Å². The summed E-state index contributed by atoms with van der Waals surface area (Å²) in [4.78, 5) is 22.3. The number of likely N-dealkylation sites (N-methyl/N-ethyl adjacent to an activating group) is 1. The van der Waals surface area contributed by atoms with Crippen molar-refractivity contribution in [3.05, 3.63) is 66.0 Å². The molecule has 4 rings (SSSR count). The van der Waals surface area contributed by atoms with Crippen LogP contribution in [-0.4, -0.2) is 53.9 Å². The van der Waals surface area contributed by atoms with Gasteiger partial charge < -0.3 is 9.80 Å². The van der Waals surface area contributed by atoms with Gasteiger partial charge in [0.05, 0.1) is 16.8 Å². The van der Waals surface area contributed by atoms with Crippen molar-refractivity contribution in [2.75, 3.05) is 27.2 Å². The van der Waals surface area contributed by atoms with E-state index in [-0.39, 0.29) is 11.7 Å². The van der Waals surface area contributed by atoms with Crippen molar-refractivity contribution in [2.45, 2.75) is 18.9 Å². The van der Waals surface area contributed by atoms with Crippen molar-refractivity contribution in [3.63, 3.8) is 0 Å². The van der Waals surface area contributed by atoms with Crippen LogP contribution in [-0.2, 0) is 0 Å². The van der Waals surface area contributed by atoms with E-state index >= 15 is 0 Å². The summed E-state index contributed by atoms with van der Waals surface area (Å²) in [5.74, 6) is -0.252. The van der Waals surface area contributed by atoms with Crippen LogP contribution in [0.2, 0.25) is 0 Å². The number of aromatic nitrogens is 1. The summed E-state index contributed by atoms with van der Waals surface area (Å²) in [5.41, 5.74) is 2.91. The fourth-order valence-corrected chi connectivity index (χ4v) is 3.85. The number of pyridine rings is 1. The molecule has 5 heteroatoms. The van der Waals surface area contributed by atoms with E-state index in [0.717, 1.165) is 42.4 Å². The first-order chi connectivity index (χ1) is 13.5. The molecule has 4 nitrogen and oxygen atoms in total. The van der Waals surface area contributed by atoms with Crippen LogP contribution in [0.1, 0.15) is 23.2 Å². The van der Waals surface area contributed by atoms with Crippen LogP contribution in [0.15, 0.2) is 54.6 Å². The number of hydrogen-bond acceptors (Lipinski definition) is 3. The number of likely N-dealkylation sites (tertiary alicyclic amines) is 1. The molecular weight excluding hydrogens is 353 g/mol. The van der Waals surface area contributed by atoms with Crippen molar-refractivity contribution in [3.8, 4) is 11.3 Å². The van der Waals surface area contributed by atoms with Crippen LogP contribution in [0.3, 0.4) is 0 Å². The fourth-order valence-electron chi connectivity index (χ4n) is 3.85. The average molecular weight is 377 g/mol. The quantitative estimate of drug-likeness (QED) is 0.686. The maximum absolute atomic E-state index is 13.4. The fraction of sp³-hybridized carbons (Fsp3) is 0.304. The maximum atomic E-state index is 13.4. The molecule has 0 aliphatic carbocycles. The maximum Gasteiger partial charge on any atom is 0.254 e. The predicted octanol–water partition coefficient (Wildman–Crippen LogP) is 4.21. The highest BCUT2D eigenvalue weighted by Gasteiger charge is 2.27. The lowest BCUT2D eigenvalue weighted by Crippen LogP contribution is -2.47. The molecule has 0 N–H and O–H groups in total. The van der Waals surface area contributed by atoms with Gasteiger partial charge in [0.25, 0.3) is 5.91 Å². The minimum atomic E-state index is -0.288. The van der Waals surface area contributed by atoms with E-state index in [1.807, 2.05) is 35.2 Å². The first-order valence-electron chi connectivity index (χ1n) is 9.64. The molecule has 1 fully saturated rings. The number of hydrogen-bond donors (Lipinski definition) is 0.